The zero-order valence-electron chi connectivity index (χ0n) is 45.5. The molecule has 1 aliphatic rings. The summed E-state index contributed by atoms with van der Waals surface area (Å²) in [6.07, 6.45) is 63.7. The molecule has 0 radical (unpaired) electrons. The van der Waals surface area contributed by atoms with E-state index in [0.29, 0.717) is 6.17 Å². The van der Waals surface area contributed by atoms with Crippen molar-refractivity contribution in [1.82, 2.24) is 19.6 Å². The lowest BCUT2D eigenvalue weighted by atomic mass is 10.1. The summed E-state index contributed by atoms with van der Waals surface area (Å²) in [5.74, 6) is 0. The van der Waals surface area contributed by atoms with Crippen molar-refractivity contribution < 1.29 is 0 Å². The molecule has 0 aromatic carbocycles. The van der Waals surface area contributed by atoms with Crippen LogP contribution in [-0.4, -0.2) is 91.2 Å². The third-order valence-electron chi connectivity index (χ3n) is 15.3. The van der Waals surface area contributed by atoms with Gasteiger partial charge in [-0.15, -0.1) is 0 Å². The fourth-order valence-corrected chi connectivity index (χ4v) is 10.7. The van der Waals surface area contributed by atoms with Crippen LogP contribution in [-0.2, 0) is 0 Å². The van der Waals surface area contributed by atoms with Gasteiger partial charge in [0.05, 0.1) is 6.17 Å². The molecule has 1 unspecified atom stereocenters. The summed E-state index contributed by atoms with van der Waals surface area (Å²) in [6, 6.07) is 0. The molecule has 1 rings (SSSR count). The predicted molar refractivity (Wildman–Crippen MR) is 291 cm³/mol. The van der Waals surface area contributed by atoms with Gasteiger partial charge < -0.3 is 4.90 Å². The summed E-state index contributed by atoms with van der Waals surface area (Å²) in [6.45, 7) is 24.7. The molecular weight excluding hydrogens is 777 g/mol. The molecule has 1 aliphatic heterocycles. The van der Waals surface area contributed by atoms with E-state index in [-0.39, 0.29) is 0 Å². The fraction of sp³-hybridized carbons (Fsp3) is 1.00. The van der Waals surface area contributed by atoms with E-state index in [1.165, 1.54) is 348 Å². The third-order valence-corrected chi connectivity index (χ3v) is 15.3. The van der Waals surface area contributed by atoms with Crippen LogP contribution in [0.25, 0.3) is 0 Å². The van der Waals surface area contributed by atoms with Crippen molar-refractivity contribution in [1.29, 1.82) is 0 Å². The van der Waals surface area contributed by atoms with Crippen LogP contribution in [0.5, 0.6) is 0 Å². The minimum Gasteiger partial charge on any atom is -0.302 e. The third kappa shape index (κ3) is 39.8. The molecule has 1 atom stereocenters. The molecule has 1 heterocycles. The van der Waals surface area contributed by atoms with E-state index in [4.69, 9.17) is 0 Å². The number of nitrogens with zero attached hydrogens (tertiary/aromatic N) is 4. The number of rotatable bonds is 53. The highest BCUT2D eigenvalue weighted by Gasteiger charge is 2.31. The van der Waals surface area contributed by atoms with E-state index in [1.54, 1.807) is 0 Å². The van der Waals surface area contributed by atoms with Gasteiger partial charge in [0.1, 0.15) is 0 Å². The Kier molecular flexibility index (Phi) is 49.0. The molecule has 1 saturated heterocycles. The van der Waals surface area contributed by atoms with Gasteiger partial charge in [-0.3, -0.25) is 14.7 Å². The smallest absolute Gasteiger partial charge is 0.0754 e. The second-order valence-electron chi connectivity index (χ2n) is 21.5. The molecule has 0 amide bonds. The molecule has 0 aliphatic carbocycles. The zero-order chi connectivity index (χ0) is 46.1. The Bertz CT molecular complexity index is 821. The van der Waals surface area contributed by atoms with Crippen molar-refractivity contribution in [2.45, 2.75) is 323 Å². The number of piperazine rings is 1. The van der Waals surface area contributed by atoms with Gasteiger partial charge >= 0.3 is 0 Å². The predicted octanol–water partition coefficient (Wildman–Crippen LogP) is 18.8. The van der Waals surface area contributed by atoms with Crippen LogP contribution in [0, 0.1) is 0 Å². The second-order valence-corrected chi connectivity index (χ2v) is 21.5. The Morgan fingerprint density at radius 2 is 0.562 bits per heavy atom. The van der Waals surface area contributed by atoms with E-state index in [2.05, 4.69) is 54.2 Å². The molecule has 4 heteroatoms. The molecule has 0 saturated carbocycles. The molecule has 384 valence electrons. The number of hydrogen-bond acceptors (Lipinski definition) is 4. The molecule has 0 spiro atoms. The Hall–Kier alpha value is -0.160. The highest BCUT2D eigenvalue weighted by Crippen LogP contribution is 2.21. The van der Waals surface area contributed by atoms with Crippen LogP contribution in [0.1, 0.15) is 317 Å². The number of unbranched alkanes of at least 4 members (excludes halogenated alkanes) is 39. The van der Waals surface area contributed by atoms with E-state index in [1.807, 2.05) is 0 Å². The first kappa shape index (κ1) is 61.9. The topological polar surface area (TPSA) is 13.0 Å². The molecule has 0 aromatic rings. The molecule has 0 bridgehead atoms. The largest absolute Gasteiger partial charge is 0.302 e. The van der Waals surface area contributed by atoms with Gasteiger partial charge in [0.25, 0.3) is 0 Å². The summed E-state index contributed by atoms with van der Waals surface area (Å²) in [4.78, 5) is 11.9. The van der Waals surface area contributed by atoms with Crippen LogP contribution in [0.15, 0.2) is 0 Å². The summed E-state index contributed by atoms with van der Waals surface area (Å²) < 4.78 is 0. The zero-order valence-corrected chi connectivity index (χ0v) is 45.5. The van der Waals surface area contributed by atoms with Crippen molar-refractivity contribution >= 4 is 0 Å². The highest BCUT2D eigenvalue weighted by molar-refractivity contribution is 4.84. The molecule has 0 aromatic heterocycles. The molecule has 64 heavy (non-hydrogen) atoms. The van der Waals surface area contributed by atoms with Crippen molar-refractivity contribution in [3.05, 3.63) is 0 Å². The average Bonchev–Trinajstić information content (AvgIpc) is 3.31. The monoisotopic (exact) mass is 901 g/mol. The highest BCUT2D eigenvalue weighted by atomic mass is 15.4. The first-order chi connectivity index (χ1) is 31.7. The van der Waals surface area contributed by atoms with Gasteiger partial charge in [0, 0.05) is 32.7 Å². The van der Waals surface area contributed by atoms with Gasteiger partial charge in [-0.1, -0.05) is 285 Å². The van der Waals surface area contributed by atoms with Crippen LogP contribution in [0.4, 0.5) is 0 Å². The van der Waals surface area contributed by atoms with Crippen LogP contribution >= 0.6 is 0 Å². The Balaban J connectivity index is 2.93. The van der Waals surface area contributed by atoms with E-state index >= 15 is 0 Å². The van der Waals surface area contributed by atoms with Gasteiger partial charge in [-0.25, -0.2) is 0 Å². The normalized spacial score (nSPS) is 15.1. The summed E-state index contributed by atoms with van der Waals surface area (Å²) in [5.41, 5.74) is 0. The van der Waals surface area contributed by atoms with Gasteiger partial charge in [-0.2, -0.15) is 0 Å². The van der Waals surface area contributed by atoms with Gasteiger partial charge in [0.15, 0.2) is 0 Å². The van der Waals surface area contributed by atoms with Crippen molar-refractivity contribution in [2.24, 2.45) is 0 Å². The van der Waals surface area contributed by atoms with Crippen LogP contribution < -0.4 is 0 Å². The summed E-state index contributed by atoms with van der Waals surface area (Å²) in [7, 11) is 0. The van der Waals surface area contributed by atoms with Crippen molar-refractivity contribution in [3.8, 4) is 0 Å². The van der Waals surface area contributed by atoms with Gasteiger partial charge in [0.2, 0.25) is 0 Å². The first-order valence-corrected chi connectivity index (χ1v) is 30.6. The lowest BCUT2D eigenvalue weighted by Gasteiger charge is -2.47. The minimum atomic E-state index is 0.615. The van der Waals surface area contributed by atoms with E-state index in [0.717, 1.165) is 0 Å². The summed E-state index contributed by atoms with van der Waals surface area (Å²) >= 11 is 0. The molecule has 4 nitrogen and oxygen atoms in total. The maximum atomic E-state index is 3.05. The average molecular weight is 902 g/mol. The van der Waals surface area contributed by atoms with Crippen molar-refractivity contribution in [2.75, 3.05) is 65.4 Å². The SMILES string of the molecule is CCCCCCCCCCCCN(CCCCCCCCCCCC)C1CN(CCN(CCCCCCCCCC)CCCCCCCCCC)CCN1CCCCCCCCCC. The maximum Gasteiger partial charge on any atom is 0.0754 e. The first-order valence-electron chi connectivity index (χ1n) is 30.6. The lowest BCUT2D eigenvalue weighted by Crippen LogP contribution is -2.61. The molecule has 1 fully saturated rings. The minimum absolute atomic E-state index is 0.615. The molecular formula is C60H124N4. The maximum absolute atomic E-state index is 3.05. The fourth-order valence-electron chi connectivity index (χ4n) is 10.7. The Morgan fingerprint density at radius 1 is 0.281 bits per heavy atom. The van der Waals surface area contributed by atoms with E-state index < -0.39 is 0 Å². The van der Waals surface area contributed by atoms with Crippen molar-refractivity contribution in [3.63, 3.8) is 0 Å². The van der Waals surface area contributed by atoms with Gasteiger partial charge in [-0.05, 0) is 64.8 Å². The van der Waals surface area contributed by atoms with Crippen LogP contribution in [0.3, 0.4) is 0 Å². The quantitative estimate of drug-likeness (QED) is 0.0564. The Labute approximate surface area is 406 Å². The molecule has 0 N–H and O–H groups in total. The summed E-state index contributed by atoms with van der Waals surface area (Å²) in [5, 5.41) is 0. The standard InChI is InChI=1S/C60H124N4/c1-6-11-16-21-26-31-33-38-42-47-52-63(53-48-43-39-34-32-27-22-17-12-7-2)60-59-62(57-58-64(60)54-49-44-37-30-25-20-15-10-5)56-55-61(50-45-40-35-28-23-18-13-8-3)51-46-41-36-29-24-19-14-9-4/h60H,6-59H2,1-5H3. The van der Waals surface area contributed by atoms with Crippen LogP contribution in [0.2, 0.25) is 0 Å². The number of hydrogen-bond donors (Lipinski definition) is 0. The lowest BCUT2D eigenvalue weighted by molar-refractivity contribution is -0.0267. The Morgan fingerprint density at radius 3 is 0.891 bits per heavy atom. The second kappa shape index (κ2) is 50.7. The van der Waals surface area contributed by atoms with E-state index in [9.17, 15) is 0 Å².